The van der Waals surface area contributed by atoms with Crippen molar-refractivity contribution in [1.82, 2.24) is 0 Å². The Morgan fingerprint density at radius 3 is 1.25 bits per heavy atom. The van der Waals surface area contributed by atoms with Gasteiger partial charge in [0, 0.05) is 6.61 Å². The van der Waals surface area contributed by atoms with Gasteiger partial charge in [0.25, 0.3) is 0 Å². The van der Waals surface area contributed by atoms with E-state index in [0.717, 1.165) is 12.8 Å². The zero-order valence-electron chi connectivity index (χ0n) is 14.7. The first-order chi connectivity index (χ1) is 11.7. The van der Waals surface area contributed by atoms with Crippen molar-refractivity contribution in [1.29, 1.82) is 0 Å². The van der Waals surface area contributed by atoms with E-state index in [2.05, 4.69) is 50.2 Å². The molecule has 1 heteroatoms. The Bertz CT molecular complexity index is 580. The lowest BCUT2D eigenvalue weighted by molar-refractivity contribution is 0.288. The topological polar surface area (TPSA) is 20.2 Å². The van der Waals surface area contributed by atoms with Crippen molar-refractivity contribution in [2.75, 3.05) is 6.61 Å². The second-order valence-electron chi connectivity index (χ2n) is 5.62. The standard InChI is InChI=1S/C9H12O.2C7H8/c10-8-4-7-9-5-2-1-3-6-9;2*1-7-5-3-2-4-6-7/h1-3,5-6,10H,4,7-8H2;2*2-6H,1H3. The van der Waals surface area contributed by atoms with E-state index in [1.165, 1.54) is 16.7 Å². The van der Waals surface area contributed by atoms with Crippen molar-refractivity contribution in [3.63, 3.8) is 0 Å². The summed E-state index contributed by atoms with van der Waals surface area (Å²) >= 11 is 0. The van der Waals surface area contributed by atoms with Gasteiger partial charge in [-0.05, 0) is 32.3 Å². The van der Waals surface area contributed by atoms with Gasteiger partial charge in [0.15, 0.2) is 0 Å². The van der Waals surface area contributed by atoms with E-state index in [4.69, 9.17) is 5.11 Å². The van der Waals surface area contributed by atoms with Gasteiger partial charge < -0.3 is 5.11 Å². The first-order valence-electron chi connectivity index (χ1n) is 8.40. The quantitative estimate of drug-likeness (QED) is 0.666. The van der Waals surface area contributed by atoms with E-state index in [1.54, 1.807) is 0 Å². The maximum absolute atomic E-state index is 8.53. The summed E-state index contributed by atoms with van der Waals surface area (Å²) in [4.78, 5) is 0. The van der Waals surface area contributed by atoms with E-state index in [1.807, 2.05) is 54.6 Å². The molecule has 0 atom stereocenters. The lowest BCUT2D eigenvalue weighted by Gasteiger charge is -1.96. The maximum atomic E-state index is 8.53. The molecule has 24 heavy (non-hydrogen) atoms. The van der Waals surface area contributed by atoms with Gasteiger partial charge in [0.2, 0.25) is 0 Å². The van der Waals surface area contributed by atoms with Crippen LogP contribution in [0.3, 0.4) is 0 Å². The zero-order valence-corrected chi connectivity index (χ0v) is 14.7. The van der Waals surface area contributed by atoms with Gasteiger partial charge in [0.1, 0.15) is 0 Å². The molecule has 0 amide bonds. The van der Waals surface area contributed by atoms with Crippen molar-refractivity contribution in [3.8, 4) is 0 Å². The third-order valence-electron chi connectivity index (χ3n) is 3.35. The lowest BCUT2D eigenvalue weighted by atomic mass is 10.1. The van der Waals surface area contributed by atoms with Crippen molar-refractivity contribution >= 4 is 0 Å². The number of hydrogen-bond donors (Lipinski definition) is 1. The molecule has 0 bridgehead atoms. The van der Waals surface area contributed by atoms with Crippen LogP contribution in [-0.2, 0) is 6.42 Å². The SMILES string of the molecule is Cc1ccccc1.Cc1ccccc1.OCCCc1ccccc1. The third kappa shape index (κ3) is 10.4. The predicted octanol–water partition coefficient (Wildman–Crippen LogP) is 5.60. The molecule has 0 fully saturated rings. The van der Waals surface area contributed by atoms with Crippen molar-refractivity contribution < 1.29 is 5.11 Å². The average molecular weight is 320 g/mol. The number of rotatable bonds is 3. The van der Waals surface area contributed by atoms with Crippen molar-refractivity contribution in [3.05, 3.63) is 108 Å². The van der Waals surface area contributed by atoms with Gasteiger partial charge >= 0.3 is 0 Å². The summed E-state index contributed by atoms with van der Waals surface area (Å²) < 4.78 is 0. The van der Waals surface area contributed by atoms with Crippen LogP contribution >= 0.6 is 0 Å². The summed E-state index contributed by atoms with van der Waals surface area (Å²) in [5.41, 5.74) is 3.95. The summed E-state index contributed by atoms with van der Waals surface area (Å²) in [6.07, 6.45) is 1.85. The summed E-state index contributed by atoms with van der Waals surface area (Å²) in [5, 5.41) is 8.53. The Hall–Kier alpha value is -2.38. The Morgan fingerprint density at radius 1 is 0.583 bits per heavy atom. The highest BCUT2D eigenvalue weighted by Crippen LogP contribution is 2.00. The summed E-state index contributed by atoms with van der Waals surface area (Å²) in [7, 11) is 0. The van der Waals surface area contributed by atoms with Gasteiger partial charge in [-0.3, -0.25) is 0 Å². The van der Waals surface area contributed by atoms with E-state index >= 15 is 0 Å². The molecular weight excluding hydrogens is 292 g/mol. The molecule has 3 aromatic carbocycles. The third-order valence-corrected chi connectivity index (χ3v) is 3.35. The summed E-state index contributed by atoms with van der Waals surface area (Å²) in [5.74, 6) is 0. The summed E-state index contributed by atoms with van der Waals surface area (Å²) in [6, 6.07) is 30.7. The fraction of sp³-hybridized carbons (Fsp3) is 0.217. The van der Waals surface area contributed by atoms with Gasteiger partial charge in [0.05, 0.1) is 0 Å². The van der Waals surface area contributed by atoms with Crippen LogP contribution in [0.2, 0.25) is 0 Å². The van der Waals surface area contributed by atoms with Gasteiger partial charge in [-0.1, -0.05) is 102 Å². The van der Waals surface area contributed by atoms with Crippen LogP contribution in [0.1, 0.15) is 23.1 Å². The molecule has 0 saturated carbocycles. The number of benzene rings is 3. The largest absolute Gasteiger partial charge is 0.396 e. The Morgan fingerprint density at radius 2 is 0.958 bits per heavy atom. The maximum Gasteiger partial charge on any atom is 0.0434 e. The van der Waals surface area contributed by atoms with Crippen LogP contribution in [0, 0.1) is 13.8 Å². The Balaban J connectivity index is 0.000000185. The van der Waals surface area contributed by atoms with Crippen LogP contribution in [0.4, 0.5) is 0 Å². The van der Waals surface area contributed by atoms with E-state index < -0.39 is 0 Å². The molecule has 126 valence electrons. The normalized spacial score (nSPS) is 9.12. The smallest absolute Gasteiger partial charge is 0.0434 e. The fourth-order valence-electron chi connectivity index (χ4n) is 2.00. The molecule has 0 heterocycles. The van der Waals surface area contributed by atoms with Crippen molar-refractivity contribution in [2.24, 2.45) is 0 Å². The van der Waals surface area contributed by atoms with E-state index in [9.17, 15) is 0 Å². The number of aliphatic hydroxyl groups is 1. The second-order valence-corrected chi connectivity index (χ2v) is 5.62. The number of hydrogen-bond acceptors (Lipinski definition) is 1. The number of aryl methyl sites for hydroxylation is 3. The molecule has 1 N–H and O–H groups in total. The monoisotopic (exact) mass is 320 g/mol. The highest BCUT2D eigenvalue weighted by Gasteiger charge is 1.88. The molecule has 0 spiro atoms. The Labute approximate surface area is 146 Å². The predicted molar refractivity (Wildman–Crippen MR) is 104 cm³/mol. The van der Waals surface area contributed by atoms with Crippen LogP contribution in [0.25, 0.3) is 0 Å². The minimum absolute atomic E-state index is 0.287. The van der Waals surface area contributed by atoms with Crippen LogP contribution in [0.5, 0.6) is 0 Å². The minimum Gasteiger partial charge on any atom is -0.396 e. The molecule has 0 aliphatic rings. The number of aliphatic hydroxyl groups excluding tert-OH is 1. The lowest BCUT2D eigenvalue weighted by Crippen LogP contribution is -1.87. The highest BCUT2D eigenvalue weighted by molar-refractivity contribution is 5.14. The van der Waals surface area contributed by atoms with E-state index in [0.29, 0.717) is 0 Å². The molecule has 0 aliphatic carbocycles. The first kappa shape index (κ1) is 19.7. The average Bonchev–Trinajstić information content (AvgIpc) is 2.63. The van der Waals surface area contributed by atoms with Gasteiger partial charge in [-0.2, -0.15) is 0 Å². The van der Waals surface area contributed by atoms with Crippen LogP contribution in [-0.4, -0.2) is 11.7 Å². The van der Waals surface area contributed by atoms with Crippen LogP contribution in [0.15, 0.2) is 91.0 Å². The van der Waals surface area contributed by atoms with Crippen LogP contribution < -0.4 is 0 Å². The molecule has 0 aromatic heterocycles. The second kappa shape index (κ2) is 13.1. The molecule has 0 aliphatic heterocycles. The highest BCUT2D eigenvalue weighted by atomic mass is 16.2. The van der Waals surface area contributed by atoms with Gasteiger partial charge in [-0.25, -0.2) is 0 Å². The Kier molecular flexibility index (Phi) is 10.7. The van der Waals surface area contributed by atoms with Gasteiger partial charge in [-0.15, -0.1) is 0 Å². The summed E-state index contributed by atoms with van der Waals surface area (Å²) in [6.45, 7) is 4.45. The molecule has 0 unspecified atom stereocenters. The van der Waals surface area contributed by atoms with E-state index in [-0.39, 0.29) is 6.61 Å². The van der Waals surface area contributed by atoms with Crippen molar-refractivity contribution in [2.45, 2.75) is 26.7 Å². The zero-order chi connectivity index (χ0) is 17.5. The fourth-order valence-corrected chi connectivity index (χ4v) is 2.00. The molecule has 0 radical (unpaired) electrons. The molecule has 0 saturated heterocycles. The first-order valence-corrected chi connectivity index (χ1v) is 8.40. The molecule has 3 rings (SSSR count). The minimum atomic E-state index is 0.287. The molecule has 3 aromatic rings. The molecular formula is C23H28O. The molecule has 1 nitrogen and oxygen atoms in total.